The number of carbonyl (C=O) groups is 1. The second-order valence-corrected chi connectivity index (χ2v) is 6.11. The Hall–Kier alpha value is -0.420. The van der Waals surface area contributed by atoms with Crippen LogP contribution in [0.2, 0.25) is 0 Å². The molecule has 88 valence electrons. The van der Waals surface area contributed by atoms with E-state index < -0.39 is 16.8 Å². The van der Waals surface area contributed by atoms with Crippen LogP contribution in [0.25, 0.3) is 0 Å². The van der Waals surface area contributed by atoms with Gasteiger partial charge in [-0.15, -0.1) is 0 Å². The third-order valence-corrected chi connectivity index (χ3v) is 3.81. The Labute approximate surface area is 93.7 Å². The van der Waals surface area contributed by atoms with E-state index in [9.17, 15) is 9.00 Å². The van der Waals surface area contributed by atoms with E-state index in [1.807, 2.05) is 0 Å². The second kappa shape index (κ2) is 5.61. The van der Waals surface area contributed by atoms with Crippen molar-refractivity contribution in [2.75, 3.05) is 24.6 Å². The fraction of sp³-hybridized carbons (Fsp3) is 0.900. The molecule has 1 aliphatic rings. The number of carbonyl (C=O) groups excluding carboxylic acids is 1. The summed E-state index contributed by atoms with van der Waals surface area (Å²) in [5.41, 5.74) is 5.82. The first-order valence-electron chi connectivity index (χ1n) is 5.40. The molecule has 0 aliphatic carbocycles. The predicted octanol–water partition coefficient (Wildman–Crippen LogP) is -0.0493. The van der Waals surface area contributed by atoms with Gasteiger partial charge in [-0.25, -0.2) is 0 Å². The molecule has 0 aromatic heterocycles. The molecular formula is C10H20N2O2S. The lowest BCUT2D eigenvalue weighted by Gasteiger charge is -2.29. The lowest BCUT2D eigenvalue weighted by molar-refractivity contribution is -0.132. The van der Waals surface area contributed by atoms with E-state index in [1.54, 1.807) is 4.90 Å². The lowest BCUT2D eigenvalue weighted by Crippen LogP contribution is -2.49. The number of nitrogens with two attached hydrogens (primary N) is 1. The second-order valence-electron chi connectivity index (χ2n) is 4.41. The van der Waals surface area contributed by atoms with Crippen LogP contribution in [0.15, 0.2) is 0 Å². The Kier molecular flexibility index (Phi) is 4.73. The van der Waals surface area contributed by atoms with Gasteiger partial charge in [-0.05, 0) is 12.3 Å². The van der Waals surface area contributed by atoms with Gasteiger partial charge in [0.2, 0.25) is 5.91 Å². The molecule has 5 heteroatoms. The van der Waals surface area contributed by atoms with Crippen molar-refractivity contribution >= 4 is 16.7 Å². The summed E-state index contributed by atoms with van der Waals surface area (Å²) in [5.74, 6) is 1.64. The Morgan fingerprint density at radius 2 is 1.93 bits per heavy atom. The van der Waals surface area contributed by atoms with Crippen LogP contribution in [0.1, 0.15) is 20.3 Å². The monoisotopic (exact) mass is 232 g/mol. The highest BCUT2D eigenvalue weighted by Gasteiger charge is 2.24. The summed E-state index contributed by atoms with van der Waals surface area (Å²) in [6, 6.07) is -0.392. The summed E-state index contributed by atoms with van der Waals surface area (Å²) in [5, 5.41) is 0. The highest BCUT2D eigenvalue weighted by atomic mass is 32.2. The van der Waals surface area contributed by atoms with Crippen LogP contribution in [0.3, 0.4) is 0 Å². The van der Waals surface area contributed by atoms with Crippen LogP contribution >= 0.6 is 0 Å². The molecule has 1 heterocycles. The molecule has 1 saturated heterocycles. The minimum Gasteiger partial charge on any atom is -0.340 e. The average molecular weight is 232 g/mol. The number of hydrogen-bond acceptors (Lipinski definition) is 3. The highest BCUT2D eigenvalue weighted by Crippen LogP contribution is 2.08. The zero-order chi connectivity index (χ0) is 11.4. The molecule has 1 unspecified atom stereocenters. The van der Waals surface area contributed by atoms with Gasteiger partial charge in [0.1, 0.15) is 0 Å². The first kappa shape index (κ1) is 12.6. The van der Waals surface area contributed by atoms with Crippen molar-refractivity contribution < 1.29 is 9.00 Å². The summed E-state index contributed by atoms with van der Waals surface area (Å²) < 4.78 is 11.1. The average Bonchev–Trinajstić information content (AvgIpc) is 2.17. The summed E-state index contributed by atoms with van der Waals surface area (Å²) >= 11 is 0. The van der Waals surface area contributed by atoms with E-state index in [2.05, 4.69) is 13.8 Å². The molecule has 1 atom stereocenters. The molecule has 0 bridgehead atoms. The molecule has 0 radical (unpaired) electrons. The van der Waals surface area contributed by atoms with Crippen LogP contribution in [0, 0.1) is 5.92 Å². The molecule has 1 aliphatic heterocycles. The Morgan fingerprint density at radius 1 is 1.40 bits per heavy atom. The summed E-state index contributed by atoms with van der Waals surface area (Å²) in [6.07, 6.45) is 0.721. The number of rotatable bonds is 3. The molecule has 0 spiro atoms. The zero-order valence-electron chi connectivity index (χ0n) is 9.44. The van der Waals surface area contributed by atoms with Crippen molar-refractivity contribution in [2.24, 2.45) is 11.7 Å². The molecule has 0 aromatic rings. The molecule has 0 saturated carbocycles. The van der Waals surface area contributed by atoms with Gasteiger partial charge in [0.05, 0.1) is 6.04 Å². The molecule has 4 nitrogen and oxygen atoms in total. The van der Waals surface area contributed by atoms with Crippen LogP contribution in [0.5, 0.6) is 0 Å². The molecule has 0 aromatic carbocycles. The van der Waals surface area contributed by atoms with Gasteiger partial charge in [-0.3, -0.25) is 9.00 Å². The Morgan fingerprint density at radius 3 is 2.40 bits per heavy atom. The number of hydrogen-bond donors (Lipinski definition) is 1. The first-order valence-corrected chi connectivity index (χ1v) is 6.89. The smallest absolute Gasteiger partial charge is 0.239 e. The molecule has 1 amide bonds. The van der Waals surface area contributed by atoms with E-state index in [0.29, 0.717) is 30.5 Å². The van der Waals surface area contributed by atoms with Crippen LogP contribution < -0.4 is 5.73 Å². The molecular weight excluding hydrogens is 212 g/mol. The van der Waals surface area contributed by atoms with Crippen molar-refractivity contribution in [3.8, 4) is 0 Å². The van der Waals surface area contributed by atoms with Crippen LogP contribution in [-0.2, 0) is 15.6 Å². The van der Waals surface area contributed by atoms with Crippen molar-refractivity contribution in [1.29, 1.82) is 0 Å². The van der Waals surface area contributed by atoms with Gasteiger partial charge < -0.3 is 10.6 Å². The van der Waals surface area contributed by atoms with Crippen LogP contribution in [-0.4, -0.2) is 45.7 Å². The van der Waals surface area contributed by atoms with E-state index in [-0.39, 0.29) is 5.91 Å². The van der Waals surface area contributed by atoms with Crippen molar-refractivity contribution in [3.05, 3.63) is 0 Å². The van der Waals surface area contributed by atoms with E-state index in [0.717, 1.165) is 6.42 Å². The molecule has 1 fully saturated rings. The fourth-order valence-corrected chi connectivity index (χ4v) is 2.75. The van der Waals surface area contributed by atoms with Crippen molar-refractivity contribution in [2.45, 2.75) is 26.3 Å². The van der Waals surface area contributed by atoms with Gasteiger partial charge >= 0.3 is 0 Å². The fourth-order valence-electron chi connectivity index (χ4n) is 1.70. The largest absolute Gasteiger partial charge is 0.340 e. The lowest BCUT2D eigenvalue weighted by atomic mass is 10.0. The Balaban J connectivity index is 2.42. The quantitative estimate of drug-likeness (QED) is 0.742. The van der Waals surface area contributed by atoms with Crippen LogP contribution in [0.4, 0.5) is 0 Å². The standard InChI is InChI=1S/C10H20N2O2S/c1-8(2)7-9(11)10(13)12-3-5-15(14)6-4-12/h8-9H,3-7,11H2,1-2H3. The summed E-state index contributed by atoms with van der Waals surface area (Å²) in [7, 11) is -0.736. The van der Waals surface area contributed by atoms with E-state index in [1.165, 1.54) is 0 Å². The van der Waals surface area contributed by atoms with Gasteiger partial charge in [-0.1, -0.05) is 13.8 Å². The molecule has 2 N–H and O–H groups in total. The maximum absolute atomic E-state index is 11.8. The molecule has 1 rings (SSSR count). The summed E-state index contributed by atoms with van der Waals surface area (Å²) in [6.45, 7) is 5.30. The van der Waals surface area contributed by atoms with Crippen molar-refractivity contribution in [1.82, 2.24) is 4.90 Å². The minimum absolute atomic E-state index is 0.0143. The van der Waals surface area contributed by atoms with Gasteiger partial charge in [0, 0.05) is 35.4 Å². The SMILES string of the molecule is CC(C)CC(N)C(=O)N1CCS(=O)CC1. The van der Waals surface area contributed by atoms with Gasteiger partial charge in [-0.2, -0.15) is 0 Å². The van der Waals surface area contributed by atoms with Crippen molar-refractivity contribution in [3.63, 3.8) is 0 Å². The maximum atomic E-state index is 11.8. The maximum Gasteiger partial charge on any atom is 0.239 e. The normalized spacial score (nSPS) is 20.7. The minimum atomic E-state index is -0.736. The Bertz CT molecular complexity index is 246. The van der Waals surface area contributed by atoms with Gasteiger partial charge in [0.25, 0.3) is 0 Å². The van der Waals surface area contributed by atoms with Gasteiger partial charge in [0.15, 0.2) is 0 Å². The number of amides is 1. The van der Waals surface area contributed by atoms with E-state index in [4.69, 9.17) is 5.73 Å². The molecule has 15 heavy (non-hydrogen) atoms. The predicted molar refractivity (Wildman–Crippen MR) is 61.9 cm³/mol. The van der Waals surface area contributed by atoms with E-state index >= 15 is 0 Å². The number of nitrogens with zero attached hydrogens (tertiary/aromatic N) is 1. The third kappa shape index (κ3) is 3.91. The third-order valence-electron chi connectivity index (χ3n) is 2.53. The summed E-state index contributed by atoms with van der Waals surface area (Å²) in [4.78, 5) is 13.6. The first-order chi connectivity index (χ1) is 7.00. The zero-order valence-corrected chi connectivity index (χ0v) is 10.3. The topological polar surface area (TPSA) is 63.4 Å². The highest BCUT2D eigenvalue weighted by molar-refractivity contribution is 7.85.